The maximum atomic E-state index is 5.38. The van der Waals surface area contributed by atoms with Crippen molar-refractivity contribution in [1.82, 2.24) is 15.0 Å². The first kappa shape index (κ1) is 24.5. The fourth-order valence-corrected chi connectivity index (χ4v) is 3.47. The molecule has 0 atom stereocenters. The summed E-state index contributed by atoms with van der Waals surface area (Å²) in [5.74, 6) is 2.54. The van der Waals surface area contributed by atoms with Gasteiger partial charge in [-0.3, -0.25) is 0 Å². The fourth-order valence-electron chi connectivity index (χ4n) is 3.47. The summed E-state index contributed by atoms with van der Waals surface area (Å²) < 4.78 is 10.6. The summed E-state index contributed by atoms with van der Waals surface area (Å²) in [5, 5.41) is 13.0. The number of benzene rings is 3. The summed E-state index contributed by atoms with van der Waals surface area (Å²) >= 11 is 0. The highest BCUT2D eigenvalue weighted by molar-refractivity contribution is 5.99. The fraction of sp³-hybridized carbons (Fsp3) is 0.0769. The number of hydrazone groups is 1. The standard InChI is InChI=1S/C26H23N7O2.ClH/c1-34-21-13-11-20(12-14-21)29-25-30-24(27-17-22-9-5-15-35-22)31-26(32-25)33-28-16-19-8-4-7-18-6-2-3-10-23(18)19;/h2-16H,17H2,1H3,(H3,27,29,30,31,32,33);1H. The summed E-state index contributed by atoms with van der Waals surface area (Å²) in [6.45, 7) is 0.428. The van der Waals surface area contributed by atoms with Crippen LogP contribution in [-0.2, 0) is 6.54 Å². The molecular weight excluding hydrogens is 478 g/mol. The van der Waals surface area contributed by atoms with Crippen LogP contribution in [0.1, 0.15) is 11.3 Å². The topological polar surface area (TPSA) is 109 Å². The van der Waals surface area contributed by atoms with Gasteiger partial charge in [-0.1, -0.05) is 42.5 Å². The monoisotopic (exact) mass is 501 g/mol. The van der Waals surface area contributed by atoms with E-state index in [0.717, 1.165) is 33.5 Å². The Labute approximate surface area is 214 Å². The number of fused-ring (bicyclic) bond motifs is 1. The molecule has 0 aliphatic heterocycles. The van der Waals surface area contributed by atoms with Crippen molar-refractivity contribution in [3.63, 3.8) is 0 Å². The Morgan fingerprint density at radius 3 is 2.44 bits per heavy atom. The summed E-state index contributed by atoms with van der Waals surface area (Å²) in [4.78, 5) is 13.4. The Bertz CT molecular complexity index is 1440. The van der Waals surface area contributed by atoms with E-state index in [2.05, 4.69) is 54.3 Å². The van der Waals surface area contributed by atoms with Crippen molar-refractivity contribution in [2.75, 3.05) is 23.2 Å². The Morgan fingerprint density at radius 2 is 1.64 bits per heavy atom. The van der Waals surface area contributed by atoms with Crippen LogP contribution in [0.3, 0.4) is 0 Å². The highest BCUT2D eigenvalue weighted by Crippen LogP contribution is 2.20. The maximum Gasteiger partial charge on any atom is 0.250 e. The molecule has 3 aromatic carbocycles. The van der Waals surface area contributed by atoms with Crippen molar-refractivity contribution in [2.45, 2.75) is 6.54 Å². The molecule has 0 saturated heterocycles. The van der Waals surface area contributed by atoms with Gasteiger partial charge in [-0.05, 0) is 47.2 Å². The lowest BCUT2D eigenvalue weighted by molar-refractivity contribution is 0.415. The Kier molecular flexibility index (Phi) is 7.94. The van der Waals surface area contributed by atoms with Gasteiger partial charge >= 0.3 is 0 Å². The number of halogens is 1. The minimum Gasteiger partial charge on any atom is -0.497 e. The predicted molar refractivity (Wildman–Crippen MR) is 145 cm³/mol. The number of rotatable bonds is 9. The first-order valence-corrected chi connectivity index (χ1v) is 11.0. The van der Waals surface area contributed by atoms with Crippen molar-refractivity contribution < 1.29 is 9.15 Å². The lowest BCUT2D eigenvalue weighted by atomic mass is 10.1. The number of furan rings is 1. The van der Waals surface area contributed by atoms with Gasteiger partial charge in [0.05, 0.1) is 26.1 Å². The molecule has 5 rings (SSSR count). The van der Waals surface area contributed by atoms with Crippen molar-refractivity contribution >= 4 is 52.9 Å². The lowest BCUT2D eigenvalue weighted by Gasteiger charge is -2.10. The van der Waals surface area contributed by atoms with Crippen LogP contribution in [0.4, 0.5) is 23.5 Å². The van der Waals surface area contributed by atoms with Crippen LogP contribution in [0, 0.1) is 0 Å². The molecule has 0 fully saturated rings. The average molecular weight is 502 g/mol. The number of aromatic nitrogens is 3. The molecule has 0 aliphatic carbocycles. The normalized spacial score (nSPS) is 10.7. The van der Waals surface area contributed by atoms with Crippen LogP contribution in [0.15, 0.2) is 94.6 Å². The molecule has 0 saturated carbocycles. The number of ether oxygens (including phenoxy) is 1. The van der Waals surface area contributed by atoms with Gasteiger partial charge in [-0.25, -0.2) is 5.43 Å². The third kappa shape index (κ3) is 6.08. The quantitative estimate of drug-likeness (QED) is 0.170. The van der Waals surface area contributed by atoms with Gasteiger partial charge in [0.2, 0.25) is 17.8 Å². The maximum absolute atomic E-state index is 5.38. The van der Waals surface area contributed by atoms with Crippen LogP contribution in [0.25, 0.3) is 10.8 Å². The molecule has 0 bridgehead atoms. The molecule has 3 N–H and O–H groups in total. The number of anilines is 4. The minimum atomic E-state index is 0. The van der Waals surface area contributed by atoms with E-state index in [1.807, 2.05) is 60.7 Å². The third-order valence-corrected chi connectivity index (χ3v) is 5.17. The summed E-state index contributed by atoms with van der Waals surface area (Å²) in [6, 6.07) is 25.4. The molecule has 0 radical (unpaired) electrons. The minimum absolute atomic E-state index is 0. The van der Waals surface area contributed by atoms with Gasteiger partial charge in [0.15, 0.2) is 0 Å². The van der Waals surface area contributed by atoms with E-state index in [-0.39, 0.29) is 18.4 Å². The molecule has 0 aliphatic rings. The smallest absolute Gasteiger partial charge is 0.250 e. The van der Waals surface area contributed by atoms with Gasteiger partial charge in [-0.2, -0.15) is 20.1 Å². The Balaban J connectivity index is 0.00000304. The van der Waals surface area contributed by atoms with E-state index in [4.69, 9.17) is 9.15 Å². The highest BCUT2D eigenvalue weighted by Gasteiger charge is 2.08. The van der Waals surface area contributed by atoms with Crippen molar-refractivity contribution in [2.24, 2.45) is 5.10 Å². The van der Waals surface area contributed by atoms with Gasteiger partial charge in [0.1, 0.15) is 11.5 Å². The second-order valence-corrected chi connectivity index (χ2v) is 7.53. The molecule has 0 amide bonds. The van der Waals surface area contributed by atoms with Crippen molar-refractivity contribution in [3.8, 4) is 5.75 Å². The average Bonchev–Trinajstić information content (AvgIpc) is 3.42. The van der Waals surface area contributed by atoms with Crippen molar-refractivity contribution in [1.29, 1.82) is 0 Å². The zero-order chi connectivity index (χ0) is 23.9. The second-order valence-electron chi connectivity index (χ2n) is 7.53. The second kappa shape index (κ2) is 11.7. The first-order chi connectivity index (χ1) is 17.3. The molecule has 9 nitrogen and oxygen atoms in total. The number of nitrogens with zero attached hydrogens (tertiary/aromatic N) is 4. The SMILES string of the molecule is COc1ccc(Nc2nc(NCc3ccco3)nc(NN=Cc3cccc4ccccc34)n2)cc1.Cl. The van der Waals surface area contributed by atoms with Gasteiger partial charge in [0, 0.05) is 11.3 Å². The summed E-state index contributed by atoms with van der Waals surface area (Å²) in [5.41, 5.74) is 4.71. The van der Waals surface area contributed by atoms with Crippen LogP contribution in [0.5, 0.6) is 5.75 Å². The van der Waals surface area contributed by atoms with Crippen LogP contribution >= 0.6 is 12.4 Å². The number of methoxy groups -OCH3 is 1. The number of hydrogen-bond acceptors (Lipinski definition) is 9. The molecule has 2 heterocycles. The van der Waals surface area contributed by atoms with Crippen LogP contribution < -0.4 is 20.8 Å². The molecular formula is C26H24ClN7O2. The number of nitrogens with one attached hydrogen (secondary N) is 3. The molecule has 2 aromatic heterocycles. The van der Waals surface area contributed by atoms with Gasteiger partial charge in [-0.15, -0.1) is 12.4 Å². The van der Waals surface area contributed by atoms with Crippen molar-refractivity contribution in [3.05, 3.63) is 96.4 Å². The van der Waals surface area contributed by atoms with Gasteiger partial charge in [0.25, 0.3) is 0 Å². The largest absolute Gasteiger partial charge is 0.497 e. The van der Waals surface area contributed by atoms with E-state index in [0.29, 0.717) is 18.4 Å². The highest BCUT2D eigenvalue weighted by atomic mass is 35.5. The van der Waals surface area contributed by atoms with E-state index < -0.39 is 0 Å². The Morgan fingerprint density at radius 1 is 0.861 bits per heavy atom. The third-order valence-electron chi connectivity index (χ3n) is 5.17. The number of hydrogen-bond donors (Lipinski definition) is 3. The Hall–Kier alpha value is -4.63. The summed E-state index contributed by atoms with van der Waals surface area (Å²) in [7, 11) is 1.63. The van der Waals surface area contributed by atoms with E-state index in [1.54, 1.807) is 19.6 Å². The van der Waals surface area contributed by atoms with E-state index in [1.165, 1.54) is 0 Å². The molecule has 5 aromatic rings. The zero-order valence-corrected chi connectivity index (χ0v) is 20.2. The molecule has 0 spiro atoms. The van der Waals surface area contributed by atoms with E-state index in [9.17, 15) is 0 Å². The van der Waals surface area contributed by atoms with Crippen LogP contribution in [-0.4, -0.2) is 28.3 Å². The molecule has 0 unspecified atom stereocenters. The first-order valence-electron chi connectivity index (χ1n) is 11.0. The van der Waals surface area contributed by atoms with E-state index >= 15 is 0 Å². The predicted octanol–water partition coefficient (Wildman–Crippen LogP) is 5.85. The zero-order valence-electron chi connectivity index (χ0n) is 19.4. The lowest BCUT2D eigenvalue weighted by Crippen LogP contribution is -2.09. The molecule has 10 heteroatoms. The van der Waals surface area contributed by atoms with Crippen LogP contribution in [0.2, 0.25) is 0 Å². The summed E-state index contributed by atoms with van der Waals surface area (Å²) in [6.07, 6.45) is 3.37. The molecule has 182 valence electrons. The molecule has 36 heavy (non-hydrogen) atoms. The van der Waals surface area contributed by atoms with Gasteiger partial charge < -0.3 is 19.8 Å².